The minimum Gasteiger partial charge on any atom is -0.508 e. The number of rotatable bonds is 6. The molecule has 0 bridgehead atoms. The van der Waals surface area contributed by atoms with E-state index in [0.29, 0.717) is 5.56 Å². The van der Waals surface area contributed by atoms with Crippen LogP contribution in [0.3, 0.4) is 0 Å². The number of carbonyl (C=O) groups is 1. The second-order valence-corrected chi connectivity index (χ2v) is 7.26. The van der Waals surface area contributed by atoms with Gasteiger partial charge in [0.15, 0.2) is 0 Å². The fraction of sp³-hybridized carbons (Fsp3) is 0.120. The Morgan fingerprint density at radius 2 is 1.61 bits per heavy atom. The van der Waals surface area contributed by atoms with Gasteiger partial charge in [0.25, 0.3) is 5.91 Å². The SMILES string of the molecule is COc1ccc(C(C)NC(=O)c2ccc(-c3cc(-c4ccc(O)cc4)[nH]n3)cc2)cc1. The van der Waals surface area contributed by atoms with Gasteiger partial charge < -0.3 is 15.2 Å². The minimum atomic E-state index is -0.137. The number of hydrogen-bond acceptors (Lipinski definition) is 4. The van der Waals surface area contributed by atoms with Crippen molar-refractivity contribution in [3.05, 3.63) is 90.0 Å². The fourth-order valence-corrected chi connectivity index (χ4v) is 3.31. The highest BCUT2D eigenvalue weighted by molar-refractivity contribution is 5.94. The number of aromatic nitrogens is 2. The van der Waals surface area contributed by atoms with Gasteiger partial charge in [-0.15, -0.1) is 0 Å². The summed E-state index contributed by atoms with van der Waals surface area (Å²) in [6, 6.07) is 23.7. The van der Waals surface area contributed by atoms with E-state index in [1.54, 1.807) is 31.4 Å². The Kier molecular flexibility index (Phi) is 5.71. The molecule has 1 unspecified atom stereocenters. The lowest BCUT2D eigenvalue weighted by molar-refractivity contribution is 0.0940. The van der Waals surface area contributed by atoms with E-state index in [0.717, 1.165) is 33.8 Å². The van der Waals surface area contributed by atoms with E-state index < -0.39 is 0 Å². The van der Waals surface area contributed by atoms with Gasteiger partial charge in [0.2, 0.25) is 0 Å². The van der Waals surface area contributed by atoms with E-state index in [1.807, 2.05) is 61.5 Å². The molecule has 0 spiro atoms. The molecule has 4 aromatic rings. The number of benzene rings is 3. The maximum absolute atomic E-state index is 12.6. The van der Waals surface area contributed by atoms with Gasteiger partial charge in [-0.3, -0.25) is 9.89 Å². The zero-order valence-corrected chi connectivity index (χ0v) is 17.3. The van der Waals surface area contributed by atoms with Gasteiger partial charge in [-0.2, -0.15) is 5.10 Å². The Labute approximate surface area is 180 Å². The van der Waals surface area contributed by atoms with E-state index in [1.165, 1.54) is 0 Å². The highest BCUT2D eigenvalue weighted by atomic mass is 16.5. The Balaban J connectivity index is 1.44. The van der Waals surface area contributed by atoms with Crippen LogP contribution in [-0.2, 0) is 0 Å². The minimum absolute atomic E-state index is 0.128. The molecule has 0 aliphatic rings. The average molecular weight is 413 g/mol. The lowest BCUT2D eigenvalue weighted by atomic mass is 10.1. The van der Waals surface area contributed by atoms with Crippen molar-refractivity contribution in [3.63, 3.8) is 0 Å². The number of ether oxygens (including phenoxy) is 1. The molecule has 0 radical (unpaired) electrons. The molecule has 1 heterocycles. The number of aromatic hydroxyl groups is 1. The molecule has 1 atom stereocenters. The van der Waals surface area contributed by atoms with Crippen LogP contribution in [0.4, 0.5) is 0 Å². The summed E-state index contributed by atoms with van der Waals surface area (Å²) >= 11 is 0. The van der Waals surface area contributed by atoms with Crippen molar-refractivity contribution in [3.8, 4) is 34.0 Å². The summed E-state index contributed by atoms with van der Waals surface area (Å²) < 4.78 is 5.17. The predicted octanol–water partition coefficient (Wildman–Crippen LogP) is 4.95. The van der Waals surface area contributed by atoms with Crippen LogP contribution in [0.25, 0.3) is 22.5 Å². The lowest BCUT2D eigenvalue weighted by Crippen LogP contribution is -2.26. The van der Waals surface area contributed by atoms with E-state index in [-0.39, 0.29) is 17.7 Å². The number of hydrogen-bond donors (Lipinski definition) is 3. The van der Waals surface area contributed by atoms with Crippen LogP contribution < -0.4 is 10.1 Å². The zero-order valence-electron chi connectivity index (χ0n) is 17.3. The van der Waals surface area contributed by atoms with Crippen molar-refractivity contribution >= 4 is 5.91 Å². The molecule has 31 heavy (non-hydrogen) atoms. The lowest BCUT2D eigenvalue weighted by Gasteiger charge is -2.15. The first-order chi connectivity index (χ1) is 15.0. The summed E-state index contributed by atoms with van der Waals surface area (Å²) in [4.78, 5) is 12.6. The average Bonchev–Trinajstić information content (AvgIpc) is 3.30. The summed E-state index contributed by atoms with van der Waals surface area (Å²) in [5, 5.41) is 19.8. The van der Waals surface area contributed by atoms with Crippen LogP contribution in [0.2, 0.25) is 0 Å². The first kappa shape index (κ1) is 20.2. The van der Waals surface area contributed by atoms with Crippen molar-refractivity contribution < 1.29 is 14.6 Å². The van der Waals surface area contributed by atoms with Crippen LogP contribution in [0.1, 0.15) is 28.9 Å². The third kappa shape index (κ3) is 4.59. The summed E-state index contributed by atoms with van der Waals surface area (Å²) in [7, 11) is 1.63. The van der Waals surface area contributed by atoms with Crippen LogP contribution in [0, 0.1) is 0 Å². The highest BCUT2D eigenvalue weighted by Crippen LogP contribution is 2.25. The normalized spacial score (nSPS) is 11.7. The second-order valence-electron chi connectivity index (χ2n) is 7.26. The zero-order chi connectivity index (χ0) is 21.8. The van der Waals surface area contributed by atoms with Gasteiger partial charge in [0, 0.05) is 11.1 Å². The van der Waals surface area contributed by atoms with E-state index >= 15 is 0 Å². The van der Waals surface area contributed by atoms with E-state index in [4.69, 9.17) is 4.74 Å². The summed E-state index contributed by atoms with van der Waals surface area (Å²) in [6.45, 7) is 1.95. The number of nitrogens with one attached hydrogen (secondary N) is 2. The molecular formula is C25H23N3O3. The standard InChI is InChI=1S/C25H23N3O3/c1-16(17-9-13-22(31-2)14-10-17)26-25(30)20-5-3-18(4-6-20)23-15-24(28-27-23)19-7-11-21(29)12-8-19/h3-16,29H,1-2H3,(H,26,30)(H,27,28). The number of H-pyrrole nitrogens is 1. The molecule has 3 N–H and O–H groups in total. The second kappa shape index (κ2) is 8.75. The first-order valence-electron chi connectivity index (χ1n) is 9.93. The van der Waals surface area contributed by atoms with Crippen molar-refractivity contribution in [2.24, 2.45) is 0 Å². The largest absolute Gasteiger partial charge is 0.508 e. The molecule has 0 aliphatic carbocycles. The molecular weight excluding hydrogens is 390 g/mol. The molecule has 0 aliphatic heterocycles. The van der Waals surface area contributed by atoms with Crippen molar-refractivity contribution in [1.29, 1.82) is 0 Å². The molecule has 0 fully saturated rings. The molecule has 1 amide bonds. The number of phenols is 1. The predicted molar refractivity (Wildman–Crippen MR) is 120 cm³/mol. The van der Waals surface area contributed by atoms with Crippen LogP contribution in [-0.4, -0.2) is 28.3 Å². The number of methoxy groups -OCH3 is 1. The van der Waals surface area contributed by atoms with Gasteiger partial charge in [0.05, 0.1) is 24.5 Å². The van der Waals surface area contributed by atoms with Crippen molar-refractivity contribution in [1.82, 2.24) is 15.5 Å². The smallest absolute Gasteiger partial charge is 0.251 e. The first-order valence-corrected chi connectivity index (χ1v) is 9.93. The number of phenolic OH excluding ortho intramolecular Hbond substituents is 1. The molecule has 6 heteroatoms. The quantitative estimate of drug-likeness (QED) is 0.417. The van der Waals surface area contributed by atoms with Gasteiger partial charge in [-0.05, 0) is 72.6 Å². The molecule has 4 rings (SSSR count). The van der Waals surface area contributed by atoms with E-state index in [2.05, 4.69) is 15.5 Å². The van der Waals surface area contributed by atoms with Crippen molar-refractivity contribution in [2.75, 3.05) is 7.11 Å². The van der Waals surface area contributed by atoms with Crippen LogP contribution >= 0.6 is 0 Å². The van der Waals surface area contributed by atoms with Gasteiger partial charge >= 0.3 is 0 Å². The van der Waals surface area contributed by atoms with Crippen molar-refractivity contribution in [2.45, 2.75) is 13.0 Å². The Morgan fingerprint density at radius 1 is 0.968 bits per heavy atom. The third-order valence-electron chi connectivity index (χ3n) is 5.16. The molecule has 0 saturated heterocycles. The summed E-state index contributed by atoms with van der Waals surface area (Å²) in [5.74, 6) is 0.866. The molecule has 156 valence electrons. The Bertz CT molecular complexity index is 1160. The Hall–Kier alpha value is -4.06. The highest BCUT2D eigenvalue weighted by Gasteiger charge is 2.13. The number of amides is 1. The Morgan fingerprint density at radius 3 is 2.26 bits per heavy atom. The maximum atomic E-state index is 12.6. The third-order valence-corrected chi connectivity index (χ3v) is 5.16. The molecule has 0 saturated carbocycles. The van der Waals surface area contributed by atoms with Gasteiger partial charge in [-0.25, -0.2) is 0 Å². The number of nitrogens with zero attached hydrogens (tertiary/aromatic N) is 1. The van der Waals surface area contributed by atoms with E-state index in [9.17, 15) is 9.90 Å². The van der Waals surface area contributed by atoms with Crippen LogP contribution in [0.5, 0.6) is 11.5 Å². The molecule has 3 aromatic carbocycles. The summed E-state index contributed by atoms with van der Waals surface area (Å²) in [6.07, 6.45) is 0. The monoisotopic (exact) mass is 413 g/mol. The van der Waals surface area contributed by atoms with Gasteiger partial charge in [-0.1, -0.05) is 24.3 Å². The van der Waals surface area contributed by atoms with Gasteiger partial charge in [0.1, 0.15) is 11.5 Å². The number of carbonyl (C=O) groups excluding carboxylic acids is 1. The molecule has 6 nitrogen and oxygen atoms in total. The fourth-order valence-electron chi connectivity index (χ4n) is 3.31. The van der Waals surface area contributed by atoms with Crippen LogP contribution in [0.15, 0.2) is 78.9 Å². The maximum Gasteiger partial charge on any atom is 0.251 e. The molecule has 1 aromatic heterocycles. The summed E-state index contributed by atoms with van der Waals surface area (Å²) in [5.41, 5.74) is 5.05. The topological polar surface area (TPSA) is 87.2 Å². The number of aromatic amines is 1.